The predicted molar refractivity (Wildman–Crippen MR) is 91.2 cm³/mol. The second-order valence-electron chi connectivity index (χ2n) is 5.48. The molecule has 1 heterocycles. The Kier molecular flexibility index (Phi) is 4.45. The monoisotopic (exact) mass is 294 g/mol. The van der Waals surface area contributed by atoms with Crippen molar-refractivity contribution < 1.29 is 4.74 Å². The number of aromatic nitrogens is 1. The number of H-pyrrole nitrogens is 1. The quantitative estimate of drug-likeness (QED) is 0.706. The third-order valence-corrected chi connectivity index (χ3v) is 4.12. The topological polar surface area (TPSA) is 37.0 Å². The van der Waals surface area contributed by atoms with E-state index in [1.165, 1.54) is 22.0 Å². The van der Waals surface area contributed by atoms with Crippen LogP contribution in [0.3, 0.4) is 0 Å². The summed E-state index contributed by atoms with van der Waals surface area (Å²) >= 11 is 0. The molecule has 0 fully saturated rings. The van der Waals surface area contributed by atoms with Crippen molar-refractivity contribution in [1.29, 1.82) is 0 Å². The fourth-order valence-electron chi connectivity index (χ4n) is 2.84. The van der Waals surface area contributed by atoms with Crippen LogP contribution in [-0.4, -0.2) is 12.1 Å². The minimum atomic E-state index is 0.346. The van der Waals surface area contributed by atoms with Crippen LogP contribution in [-0.2, 0) is 6.54 Å². The number of hydrogen-bond acceptors (Lipinski definition) is 2. The van der Waals surface area contributed by atoms with E-state index < -0.39 is 0 Å². The molecule has 3 nitrogen and oxygen atoms in total. The lowest BCUT2D eigenvalue weighted by molar-refractivity contribution is 0.414. The molecule has 0 aliphatic rings. The van der Waals surface area contributed by atoms with Crippen molar-refractivity contribution in [3.8, 4) is 5.75 Å². The van der Waals surface area contributed by atoms with Gasteiger partial charge in [-0.2, -0.15) is 0 Å². The first-order chi connectivity index (χ1) is 10.8. The fraction of sp³-hybridized carbons (Fsp3) is 0.263. The van der Waals surface area contributed by atoms with E-state index in [0.29, 0.717) is 6.04 Å². The highest BCUT2D eigenvalue weighted by atomic mass is 16.5. The number of nitrogens with one attached hydrogen (secondary N) is 2. The first-order valence-electron chi connectivity index (χ1n) is 7.74. The summed E-state index contributed by atoms with van der Waals surface area (Å²) in [6, 6.07) is 17.0. The summed E-state index contributed by atoms with van der Waals surface area (Å²) in [6.45, 7) is 3.06. The van der Waals surface area contributed by atoms with Crippen molar-refractivity contribution in [2.24, 2.45) is 0 Å². The average Bonchev–Trinajstić information content (AvgIpc) is 3.00. The Bertz CT molecular complexity index is 731. The molecule has 1 aromatic heterocycles. The van der Waals surface area contributed by atoms with Crippen LogP contribution in [0.25, 0.3) is 10.9 Å². The molecular weight excluding hydrogens is 272 g/mol. The van der Waals surface area contributed by atoms with Gasteiger partial charge in [-0.25, -0.2) is 0 Å². The van der Waals surface area contributed by atoms with E-state index in [9.17, 15) is 0 Å². The third-order valence-electron chi connectivity index (χ3n) is 4.12. The van der Waals surface area contributed by atoms with Crippen molar-refractivity contribution in [2.45, 2.75) is 25.9 Å². The number of benzene rings is 2. The molecule has 3 aromatic rings. The van der Waals surface area contributed by atoms with Gasteiger partial charge < -0.3 is 15.0 Å². The normalized spacial score (nSPS) is 12.5. The largest absolute Gasteiger partial charge is 0.497 e. The molecule has 0 saturated heterocycles. The van der Waals surface area contributed by atoms with Crippen LogP contribution in [0, 0.1) is 0 Å². The lowest BCUT2D eigenvalue weighted by Crippen LogP contribution is -2.20. The zero-order chi connectivity index (χ0) is 15.4. The maximum atomic E-state index is 5.20. The Morgan fingerprint density at radius 2 is 1.86 bits per heavy atom. The maximum Gasteiger partial charge on any atom is 0.118 e. The Morgan fingerprint density at radius 1 is 1.09 bits per heavy atom. The van der Waals surface area contributed by atoms with E-state index in [2.05, 4.69) is 59.8 Å². The van der Waals surface area contributed by atoms with Crippen LogP contribution in [0.5, 0.6) is 5.75 Å². The highest BCUT2D eigenvalue weighted by Gasteiger charge is 2.13. The first-order valence-corrected chi connectivity index (χ1v) is 7.74. The molecule has 0 unspecified atom stereocenters. The van der Waals surface area contributed by atoms with Gasteiger partial charge in [0.15, 0.2) is 0 Å². The Morgan fingerprint density at radius 3 is 2.59 bits per heavy atom. The van der Waals surface area contributed by atoms with Crippen molar-refractivity contribution in [3.63, 3.8) is 0 Å². The number of hydrogen-bond donors (Lipinski definition) is 2. The summed E-state index contributed by atoms with van der Waals surface area (Å²) < 4.78 is 5.20. The van der Waals surface area contributed by atoms with Gasteiger partial charge in [-0.3, -0.25) is 0 Å². The summed E-state index contributed by atoms with van der Waals surface area (Å²) in [4.78, 5) is 3.36. The van der Waals surface area contributed by atoms with Crippen molar-refractivity contribution in [1.82, 2.24) is 10.3 Å². The van der Waals surface area contributed by atoms with Gasteiger partial charge in [-0.15, -0.1) is 0 Å². The number of fused-ring (bicyclic) bond motifs is 1. The smallest absolute Gasteiger partial charge is 0.118 e. The van der Waals surface area contributed by atoms with E-state index >= 15 is 0 Å². The van der Waals surface area contributed by atoms with E-state index in [0.717, 1.165) is 18.7 Å². The van der Waals surface area contributed by atoms with Gasteiger partial charge in [0.2, 0.25) is 0 Å². The van der Waals surface area contributed by atoms with Crippen molar-refractivity contribution in [2.75, 3.05) is 7.11 Å². The van der Waals surface area contributed by atoms with Crippen LogP contribution in [0.2, 0.25) is 0 Å². The molecule has 0 aliphatic heterocycles. The molecule has 0 aliphatic carbocycles. The molecule has 0 saturated carbocycles. The van der Waals surface area contributed by atoms with Crippen LogP contribution in [0.15, 0.2) is 54.7 Å². The zero-order valence-electron chi connectivity index (χ0n) is 13.1. The molecule has 2 aromatic carbocycles. The molecule has 1 atom stereocenters. The van der Waals surface area contributed by atoms with Crippen molar-refractivity contribution in [3.05, 3.63) is 65.9 Å². The maximum absolute atomic E-state index is 5.20. The first kappa shape index (κ1) is 14.7. The van der Waals surface area contributed by atoms with E-state index in [4.69, 9.17) is 4.74 Å². The number of ether oxygens (including phenoxy) is 1. The Hall–Kier alpha value is -2.26. The average molecular weight is 294 g/mol. The van der Waals surface area contributed by atoms with E-state index in [1.807, 2.05) is 12.1 Å². The van der Waals surface area contributed by atoms with Gasteiger partial charge in [-0.1, -0.05) is 37.3 Å². The van der Waals surface area contributed by atoms with Crippen LogP contribution < -0.4 is 10.1 Å². The third kappa shape index (κ3) is 3.00. The number of rotatable bonds is 6. The molecule has 0 bridgehead atoms. The van der Waals surface area contributed by atoms with E-state index in [-0.39, 0.29) is 0 Å². The fourth-order valence-corrected chi connectivity index (χ4v) is 2.84. The second kappa shape index (κ2) is 6.67. The Balaban J connectivity index is 1.74. The van der Waals surface area contributed by atoms with Gasteiger partial charge in [0.05, 0.1) is 7.11 Å². The van der Waals surface area contributed by atoms with E-state index in [1.54, 1.807) is 7.11 Å². The summed E-state index contributed by atoms with van der Waals surface area (Å²) in [5.74, 6) is 0.896. The Labute approximate surface area is 131 Å². The number of methoxy groups -OCH3 is 1. The summed E-state index contributed by atoms with van der Waals surface area (Å²) in [5.41, 5.74) is 3.80. The summed E-state index contributed by atoms with van der Waals surface area (Å²) in [5, 5.41) is 4.96. The SMILES string of the molecule is CC[C@@H](NCc1ccc(OC)cc1)c1c[nH]c2ccccc12. The number of para-hydroxylation sites is 1. The lowest BCUT2D eigenvalue weighted by Gasteiger charge is -2.17. The standard InChI is InChI=1S/C19H22N2O/c1-3-18(17-13-21-19-7-5-4-6-16(17)19)20-12-14-8-10-15(22-2)11-9-14/h4-11,13,18,20-21H,3,12H2,1-2H3/t18-/m1/s1. The molecular formula is C19H22N2O. The minimum Gasteiger partial charge on any atom is -0.497 e. The van der Waals surface area contributed by atoms with Crippen molar-refractivity contribution >= 4 is 10.9 Å². The van der Waals surface area contributed by atoms with Gasteiger partial charge in [-0.05, 0) is 35.7 Å². The highest BCUT2D eigenvalue weighted by molar-refractivity contribution is 5.83. The summed E-state index contributed by atoms with van der Waals surface area (Å²) in [6.07, 6.45) is 3.18. The van der Waals surface area contributed by atoms with Crippen LogP contribution in [0.4, 0.5) is 0 Å². The van der Waals surface area contributed by atoms with Crippen LogP contribution in [0.1, 0.15) is 30.5 Å². The molecule has 0 spiro atoms. The molecule has 3 heteroatoms. The molecule has 0 radical (unpaired) electrons. The van der Waals surface area contributed by atoms with Gasteiger partial charge in [0.25, 0.3) is 0 Å². The molecule has 22 heavy (non-hydrogen) atoms. The second-order valence-corrected chi connectivity index (χ2v) is 5.48. The number of aromatic amines is 1. The van der Waals surface area contributed by atoms with Crippen LogP contribution >= 0.6 is 0 Å². The minimum absolute atomic E-state index is 0.346. The zero-order valence-corrected chi connectivity index (χ0v) is 13.1. The highest BCUT2D eigenvalue weighted by Crippen LogP contribution is 2.26. The van der Waals surface area contributed by atoms with Gasteiger partial charge in [0, 0.05) is 29.7 Å². The molecule has 3 rings (SSSR count). The predicted octanol–water partition coefficient (Wildman–Crippen LogP) is 4.42. The summed E-state index contributed by atoms with van der Waals surface area (Å²) in [7, 11) is 1.69. The lowest BCUT2D eigenvalue weighted by atomic mass is 10.0. The van der Waals surface area contributed by atoms with Gasteiger partial charge in [0.1, 0.15) is 5.75 Å². The van der Waals surface area contributed by atoms with Gasteiger partial charge >= 0.3 is 0 Å². The molecule has 2 N–H and O–H groups in total. The molecule has 114 valence electrons. The molecule has 0 amide bonds.